The average Bonchev–Trinajstić information content (AvgIpc) is 3.56. The Morgan fingerprint density at radius 3 is 0.977 bits per heavy atom. The number of ether oxygens (including phenoxy) is 4. The molecular formula is C78H131NO8. The summed E-state index contributed by atoms with van der Waals surface area (Å²) in [6.45, 7) is 4.61. The highest BCUT2D eigenvalue weighted by molar-refractivity contribution is 5.70. The molecule has 2 atom stereocenters. The highest BCUT2D eigenvalue weighted by atomic mass is 16.7. The maximum Gasteiger partial charge on any atom is 0.306 e. The van der Waals surface area contributed by atoms with Crippen LogP contribution in [-0.4, -0.2) is 82.3 Å². The molecule has 0 saturated carbocycles. The Kier molecular flexibility index (Phi) is 63.8. The van der Waals surface area contributed by atoms with Crippen LogP contribution in [0.4, 0.5) is 0 Å². The van der Waals surface area contributed by atoms with Crippen LogP contribution in [0.25, 0.3) is 0 Å². The Morgan fingerprint density at radius 1 is 0.356 bits per heavy atom. The van der Waals surface area contributed by atoms with Crippen molar-refractivity contribution >= 4 is 17.9 Å². The van der Waals surface area contributed by atoms with Gasteiger partial charge in [-0.2, -0.15) is 0 Å². The standard InChI is InChI=1S/C78H131NO8/c1-6-8-10-12-14-16-18-20-22-24-26-28-30-32-34-36-38-40-42-44-46-48-50-52-54-56-58-60-62-64-66-68-75(80)85-72-74(73-86-78(77(82)83)84-71-70-79(3,4)5)87-76(81)69-67-65-63-61-59-57-55-53-51-49-47-45-43-41-39-37-35-33-31-29-27-25-23-21-19-17-15-13-11-9-7-2/h9,11,15,17-18,20-21,23-24,26-27,29-30,32-33,35,39,41,45,47,51,53,74,78H,6-8,10,12-14,16,19,22,25,28,31,34,36-38,40,42-44,46,48-50,52,54-73H2,1-5H3/b11-9-,17-15-,20-18-,23-21-,26-24-,29-27-,32-30-,35-33-,41-39-,47-45-,53-51-. The van der Waals surface area contributed by atoms with E-state index in [-0.39, 0.29) is 38.6 Å². The first-order valence-corrected chi connectivity index (χ1v) is 35.3. The van der Waals surface area contributed by atoms with Gasteiger partial charge >= 0.3 is 11.9 Å². The van der Waals surface area contributed by atoms with E-state index in [4.69, 9.17) is 18.9 Å². The van der Waals surface area contributed by atoms with Gasteiger partial charge in [0.2, 0.25) is 0 Å². The van der Waals surface area contributed by atoms with Crippen LogP contribution >= 0.6 is 0 Å². The summed E-state index contributed by atoms with van der Waals surface area (Å²) >= 11 is 0. The average molecular weight is 1210 g/mol. The van der Waals surface area contributed by atoms with Crippen molar-refractivity contribution in [2.24, 2.45) is 0 Å². The number of unbranched alkanes of at least 4 members (excludes halogenated alkanes) is 27. The second-order valence-electron chi connectivity index (χ2n) is 24.4. The summed E-state index contributed by atoms with van der Waals surface area (Å²) in [5, 5.41) is 11.8. The van der Waals surface area contributed by atoms with Crippen LogP contribution < -0.4 is 5.11 Å². The zero-order valence-corrected chi connectivity index (χ0v) is 56.6. The molecule has 0 bridgehead atoms. The molecule has 0 aromatic carbocycles. The summed E-state index contributed by atoms with van der Waals surface area (Å²) in [4.78, 5) is 37.5. The van der Waals surface area contributed by atoms with Crippen molar-refractivity contribution in [3.63, 3.8) is 0 Å². The van der Waals surface area contributed by atoms with Gasteiger partial charge in [0.25, 0.3) is 0 Å². The minimum Gasteiger partial charge on any atom is -0.545 e. The molecule has 0 spiro atoms. The molecule has 0 rings (SSSR count). The fraction of sp³-hybridized carbons (Fsp3) is 0.679. The van der Waals surface area contributed by atoms with Crippen molar-refractivity contribution in [1.29, 1.82) is 0 Å². The number of carboxylic acids is 1. The van der Waals surface area contributed by atoms with Crippen LogP contribution in [0.5, 0.6) is 0 Å². The van der Waals surface area contributed by atoms with E-state index < -0.39 is 24.3 Å². The van der Waals surface area contributed by atoms with Gasteiger partial charge in [0.05, 0.1) is 40.3 Å². The van der Waals surface area contributed by atoms with Crippen molar-refractivity contribution < 1.29 is 42.9 Å². The Labute approximate surface area is 535 Å². The van der Waals surface area contributed by atoms with Crippen molar-refractivity contribution in [3.8, 4) is 0 Å². The molecule has 496 valence electrons. The first kappa shape index (κ1) is 82.4. The van der Waals surface area contributed by atoms with Gasteiger partial charge in [-0.3, -0.25) is 9.59 Å². The van der Waals surface area contributed by atoms with E-state index in [9.17, 15) is 19.5 Å². The number of carbonyl (C=O) groups is 3. The Bertz CT molecular complexity index is 1890. The van der Waals surface area contributed by atoms with Crippen molar-refractivity contribution in [2.75, 3.05) is 47.5 Å². The third-order valence-electron chi connectivity index (χ3n) is 14.9. The lowest BCUT2D eigenvalue weighted by Gasteiger charge is -2.26. The maximum absolute atomic E-state index is 12.9. The highest BCUT2D eigenvalue weighted by Gasteiger charge is 2.22. The number of rotatable bonds is 64. The first-order chi connectivity index (χ1) is 42.6. The zero-order chi connectivity index (χ0) is 63.3. The largest absolute Gasteiger partial charge is 0.545 e. The van der Waals surface area contributed by atoms with E-state index in [0.717, 1.165) is 122 Å². The van der Waals surface area contributed by atoms with Gasteiger partial charge in [-0.1, -0.05) is 289 Å². The first-order valence-electron chi connectivity index (χ1n) is 35.3. The van der Waals surface area contributed by atoms with Crippen LogP contribution in [0.2, 0.25) is 0 Å². The molecule has 0 amide bonds. The quantitative estimate of drug-likeness (QED) is 0.0195. The van der Waals surface area contributed by atoms with Crippen LogP contribution in [0.1, 0.15) is 284 Å². The Morgan fingerprint density at radius 2 is 0.655 bits per heavy atom. The molecule has 0 heterocycles. The van der Waals surface area contributed by atoms with Gasteiger partial charge in [-0.05, 0) is 116 Å². The number of hydrogen-bond donors (Lipinski definition) is 0. The van der Waals surface area contributed by atoms with Gasteiger partial charge < -0.3 is 33.3 Å². The number of quaternary nitrogens is 1. The number of hydrogen-bond acceptors (Lipinski definition) is 8. The normalized spacial score (nSPS) is 13.5. The van der Waals surface area contributed by atoms with Gasteiger partial charge in [0.1, 0.15) is 13.2 Å². The summed E-state index contributed by atoms with van der Waals surface area (Å²) in [5.74, 6) is -2.31. The summed E-state index contributed by atoms with van der Waals surface area (Å²) in [5.41, 5.74) is 0. The summed E-state index contributed by atoms with van der Waals surface area (Å²) in [6.07, 6.45) is 93.8. The smallest absolute Gasteiger partial charge is 0.306 e. The second-order valence-corrected chi connectivity index (χ2v) is 24.4. The number of esters is 2. The minimum atomic E-state index is -1.63. The maximum atomic E-state index is 12.9. The monoisotopic (exact) mass is 1210 g/mol. The molecule has 0 saturated heterocycles. The molecule has 0 aromatic heterocycles. The van der Waals surface area contributed by atoms with E-state index in [0.29, 0.717) is 17.4 Å². The van der Waals surface area contributed by atoms with Crippen LogP contribution in [0.3, 0.4) is 0 Å². The van der Waals surface area contributed by atoms with E-state index in [2.05, 4.69) is 148 Å². The van der Waals surface area contributed by atoms with Crippen LogP contribution in [0, 0.1) is 0 Å². The van der Waals surface area contributed by atoms with E-state index in [1.54, 1.807) is 0 Å². The van der Waals surface area contributed by atoms with Gasteiger partial charge in [0.15, 0.2) is 12.4 Å². The SMILES string of the molecule is CC/C=C\C/C=C\C/C=C\C/C=C\C/C=C\C/C=C\C/C=C\C/C=C\CCCCCCCCC(=O)OC(COC(=O)CCCCCCCCCCCCCCCCCC/C=C\C/C=C\C/C=C\CCCCCCC)COC(OCC[N+](C)(C)C)C(=O)[O-]. The highest BCUT2D eigenvalue weighted by Crippen LogP contribution is 2.16. The molecule has 9 heteroatoms. The van der Waals surface area contributed by atoms with Crippen molar-refractivity contribution in [2.45, 2.75) is 296 Å². The van der Waals surface area contributed by atoms with Gasteiger partial charge in [-0.25, -0.2) is 0 Å². The fourth-order valence-corrected chi connectivity index (χ4v) is 9.50. The third kappa shape index (κ3) is 68.8. The van der Waals surface area contributed by atoms with Crippen LogP contribution in [-0.2, 0) is 33.3 Å². The van der Waals surface area contributed by atoms with Crippen LogP contribution in [0.15, 0.2) is 134 Å². The predicted octanol–water partition coefficient (Wildman–Crippen LogP) is 20.8. The molecule has 0 fully saturated rings. The molecule has 0 aliphatic carbocycles. The molecule has 0 aliphatic rings. The summed E-state index contributed by atoms with van der Waals surface area (Å²) < 4.78 is 22.8. The molecule has 0 radical (unpaired) electrons. The predicted molar refractivity (Wildman–Crippen MR) is 370 cm³/mol. The third-order valence-corrected chi connectivity index (χ3v) is 14.9. The van der Waals surface area contributed by atoms with Crippen molar-refractivity contribution in [3.05, 3.63) is 134 Å². The van der Waals surface area contributed by atoms with Crippen molar-refractivity contribution in [1.82, 2.24) is 0 Å². The topological polar surface area (TPSA) is 111 Å². The van der Waals surface area contributed by atoms with Gasteiger partial charge in [-0.15, -0.1) is 0 Å². The molecule has 9 nitrogen and oxygen atoms in total. The lowest BCUT2D eigenvalue weighted by Crippen LogP contribution is -2.44. The number of allylic oxidation sites excluding steroid dienone is 22. The Balaban J connectivity index is 4.19. The molecule has 0 aromatic rings. The molecule has 0 aliphatic heterocycles. The second kappa shape index (κ2) is 67.4. The number of aliphatic carboxylic acids is 1. The lowest BCUT2D eigenvalue weighted by molar-refractivity contribution is -0.870. The zero-order valence-electron chi connectivity index (χ0n) is 56.6. The summed E-state index contributed by atoms with van der Waals surface area (Å²) in [7, 11) is 5.92. The van der Waals surface area contributed by atoms with Gasteiger partial charge in [0, 0.05) is 12.8 Å². The molecular weight excluding hydrogens is 1080 g/mol. The lowest BCUT2D eigenvalue weighted by atomic mass is 10.0. The number of carboxylic acid groups (broad SMARTS) is 1. The molecule has 87 heavy (non-hydrogen) atoms. The number of nitrogens with zero attached hydrogens (tertiary/aromatic N) is 1. The van der Waals surface area contributed by atoms with E-state index >= 15 is 0 Å². The van der Waals surface area contributed by atoms with E-state index in [1.165, 1.54) is 128 Å². The van der Waals surface area contributed by atoms with E-state index in [1.807, 2.05) is 21.1 Å². The minimum absolute atomic E-state index is 0.138. The summed E-state index contributed by atoms with van der Waals surface area (Å²) in [6, 6.07) is 0. The number of likely N-dealkylation sites (N-methyl/N-ethyl adjacent to an activating group) is 1. The fourth-order valence-electron chi connectivity index (χ4n) is 9.50. The molecule has 2 unspecified atom stereocenters. The number of carbonyl (C=O) groups excluding carboxylic acids is 3. The Hall–Kier alpha value is -4.57. The molecule has 0 N–H and O–H groups in total.